The van der Waals surface area contributed by atoms with E-state index in [0.29, 0.717) is 0 Å². The summed E-state index contributed by atoms with van der Waals surface area (Å²) in [6.07, 6.45) is 16.8. The number of unbranched alkanes of at least 4 members (excludes halogenated alkanes) is 4. The molecule has 22 heavy (non-hydrogen) atoms. The van der Waals surface area contributed by atoms with Gasteiger partial charge in [0.1, 0.15) is 0 Å². The van der Waals surface area contributed by atoms with E-state index in [0.717, 1.165) is 11.8 Å². The third-order valence-electron chi connectivity index (χ3n) is 3.89. The molecule has 0 spiro atoms. The van der Waals surface area contributed by atoms with Crippen LogP contribution in [0.4, 0.5) is 0 Å². The molecule has 0 aliphatic rings. The zero-order valence-electron chi connectivity index (χ0n) is 17.6. The number of hydrogen-bond acceptors (Lipinski definition) is 0. The minimum Gasteiger partial charge on any atom is -0.0656 e. The van der Waals surface area contributed by atoms with Crippen LogP contribution in [-0.4, -0.2) is 0 Å². The van der Waals surface area contributed by atoms with Gasteiger partial charge in [-0.25, -0.2) is 0 Å². The largest absolute Gasteiger partial charge is 0.0656 e. The Balaban J connectivity index is -0.000000373. The van der Waals surface area contributed by atoms with Gasteiger partial charge in [0.25, 0.3) is 0 Å². The van der Waals surface area contributed by atoms with Crippen molar-refractivity contribution in [1.29, 1.82) is 0 Å². The normalized spacial score (nSPS) is 11.3. The van der Waals surface area contributed by atoms with Crippen LogP contribution in [0.15, 0.2) is 0 Å². The van der Waals surface area contributed by atoms with Gasteiger partial charge in [-0.1, -0.05) is 132 Å². The second-order valence-electron chi connectivity index (χ2n) is 7.16. The molecule has 138 valence electrons. The van der Waals surface area contributed by atoms with Crippen LogP contribution in [0.25, 0.3) is 0 Å². The second kappa shape index (κ2) is 25.9. The molecule has 0 N–H and O–H groups in total. The fourth-order valence-corrected chi connectivity index (χ4v) is 2.38. The average Bonchev–Trinajstić information content (AvgIpc) is 2.48. The molecule has 0 aromatic heterocycles. The van der Waals surface area contributed by atoms with E-state index in [1.54, 1.807) is 0 Å². The van der Waals surface area contributed by atoms with Crippen LogP contribution in [0.3, 0.4) is 0 Å². The van der Waals surface area contributed by atoms with Crippen molar-refractivity contribution >= 4 is 0 Å². The molecule has 0 aliphatic heterocycles. The van der Waals surface area contributed by atoms with Gasteiger partial charge in [0.2, 0.25) is 0 Å². The summed E-state index contributed by atoms with van der Waals surface area (Å²) in [4.78, 5) is 0. The standard InChI is InChI=1S/C14H30.C5H12.C3H8/c1-5-7-11-14(6-2)12-9-8-10-13(3)4;1-3-5-4-2;1-3-2/h13-14H,5-12H2,1-4H3;3-5H2,1-2H3;3H2,1-2H3. The minimum absolute atomic E-state index is 0.894. The van der Waals surface area contributed by atoms with Crippen molar-refractivity contribution in [1.82, 2.24) is 0 Å². The van der Waals surface area contributed by atoms with Crippen molar-refractivity contribution in [2.45, 2.75) is 132 Å². The summed E-state index contributed by atoms with van der Waals surface area (Å²) in [5.41, 5.74) is 0. The molecule has 0 saturated carbocycles. The summed E-state index contributed by atoms with van der Waals surface area (Å²) < 4.78 is 0. The topological polar surface area (TPSA) is 0 Å². The van der Waals surface area contributed by atoms with E-state index in [4.69, 9.17) is 0 Å². The van der Waals surface area contributed by atoms with Gasteiger partial charge in [0.15, 0.2) is 0 Å². The Hall–Kier alpha value is 0. The SMILES string of the molecule is CCC.CCCCC.CCCCC(CC)CCCCC(C)C. The molecule has 1 atom stereocenters. The summed E-state index contributed by atoms with van der Waals surface area (Å²) in [5, 5.41) is 0. The van der Waals surface area contributed by atoms with E-state index in [1.165, 1.54) is 77.0 Å². The van der Waals surface area contributed by atoms with Crippen molar-refractivity contribution < 1.29 is 0 Å². The van der Waals surface area contributed by atoms with Crippen molar-refractivity contribution in [3.8, 4) is 0 Å². The number of rotatable bonds is 11. The minimum atomic E-state index is 0.894. The summed E-state index contributed by atoms with van der Waals surface area (Å²) in [7, 11) is 0. The van der Waals surface area contributed by atoms with Crippen LogP contribution in [-0.2, 0) is 0 Å². The maximum atomic E-state index is 2.35. The summed E-state index contributed by atoms with van der Waals surface area (Å²) in [6, 6.07) is 0. The van der Waals surface area contributed by atoms with Crippen molar-refractivity contribution in [3.63, 3.8) is 0 Å². The van der Waals surface area contributed by atoms with Crippen LogP contribution in [0.5, 0.6) is 0 Å². The highest BCUT2D eigenvalue weighted by Gasteiger charge is 2.05. The quantitative estimate of drug-likeness (QED) is 0.334. The first-order valence-electron chi connectivity index (χ1n) is 10.5. The first kappa shape index (κ1) is 26.9. The van der Waals surface area contributed by atoms with Crippen molar-refractivity contribution in [3.05, 3.63) is 0 Å². The lowest BCUT2D eigenvalue weighted by Crippen LogP contribution is -1.99. The summed E-state index contributed by atoms with van der Waals surface area (Å²) in [5.74, 6) is 1.91. The molecule has 0 radical (unpaired) electrons. The van der Waals surface area contributed by atoms with E-state index < -0.39 is 0 Å². The van der Waals surface area contributed by atoms with Gasteiger partial charge in [-0.05, 0) is 11.8 Å². The van der Waals surface area contributed by atoms with Crippen LogP contribution < -0.4 is 0 Å². The Kier molecular flexibility index (Phi) is 31.7. The van der Waals surface area contributed by atoms with Gasteiger partial charge >= 0.3 is 0 Å². The van der Waals surface area contributed by atoms with E-state index in [-0.39, 0.29) is 0 Å². The molecule has 0 aliphatic carbocycles. The fourth-order valence-electron chi connectivity index (χ4n) is 2.38. The van der Waals surface area contributed by atoms with Crippen LogP contribution in [0.1, 0.15) is 132 Å². The first-order valence-corrected chi connectivity index (χ1v) is 10.5. The lowest BCUT2D eigenvalue weighted by molar-refractivity contribution is 0.393. The van der Waals surface area contributed by atoms with Gasteiger partial charge in [-0.15, -0.1) is 0 Å². The van der Waals surface area contributed by atoms with E-state index in [2.05, 4.69) is 55.4 Å². The van der Waals surface area contributed by atoms with Crippen molar-refractivity contribution in [2.75, 3.05) is 0 Å². The third-order valence-corrected chi connectivity index (χ3v) is 3.89. The predicted octanol–water partition coefficient (Wildman–Crippen LogP) is 9.03. The highest BCUT2D eigenvalue weighted by Crippen LogP contribution is 2.20. The number of hydrogen-bond donors (Lipinski definition) is 0. The molecule has 0 fully saturated rings. The molecule has 0 aromatic rings. The summed E-state index contributed by atoms with van der Waals surface area (Å²) >= 11 is 0. The van der Waals surface area contributed by atoms with Gasteiger partial charge in [-0.2, -0.15) is 0 Å². The molecule has 0 rings (SSSR count). The van der Waals surface area contributed by atoms with Crippen LogP contribution in [0.2, 0.25) is 0 Å². The van der Waals surface area contributed by atoms with E-state index >= 15 is 0 Å². The maximum absolute atomic E-state index is 2.35. The Morgan fingerprint density at radius 2 is 0.955 bits per heavy atom. The first-order chi connectivity index (χ1) is 10.5. The van der Waals surface area contributed by atoms with Gasteiger partial charge < -0.3 is 0 Å². The molecule has 0 aromatic carbocycles. The second-order valence-corrected chi connectivity index (χ2v) is 7.16. The Morgan fingerprint density at radius 1 is 0.545 bits per heavy atom. The molecule has 0 bridgehead atoms. The highest BCUT2D eigenvalue weighted by atomic mass is 14.1. The third kappa shape index (κ3) is 32.1. The molecule has 0 amide bonds. The van der Waals surface area contributed by atoms with Crippen molar-refractivity contribution in [2.24, 2.45) is 11.8 Å². The highest BCUT2D eigenvalue weighted by molar-refractivity contribution is 4.58. The summed E-state index contributed by atoms with van der Waals surface area (Å²) in [6.45, 7) is 18.0. The fraction of sp³-hybridized carbons (Fsp3) is 1.00. The maximum Gasteiger partial charge on any atom is -0.0417 e. The smallest absolute Gasteiger partial charge is 0.0417 e. The van der Waals surface area contributed by atoms with Crippen LogP contribution in [0, 0.1) is 11.8 Å². The average molecular weight is 315 g/mol. The Bertz CT molecular complexity index is 146. The van der Waals surface area contributed by atoms with Crippen LogP contribution >= 0.6 is 0 Å². The molecule has 0 saturated heterocycles. The van der Waals surface area contributed by atoms with E-state index in [1.807, 2.05) is 0 Å². The zero-order chi connectivity index (χ0) is 17.6. The lowest BCUT2D eigenvalue weighted by atomic mass is 9.92. The molecular formula is C22H50. The van der Waals surface area contributed by atoms with Gasteiger partial charge in [0.05, 0.1) is 0 Å². The van der Waals surface area contributed by atoms with E-state index in [9.17, 15) is 0 Å². The zero-order valence-corrected chi connectivity index (χ0v) is 17.6. The molecular weight excluding hydrogens is 264 g/mol. The molecule has 1 unspecified atom stereocenters. The predicted molar refractivity (Wildman–Crippen MR) is 108 cm³/mol. The lowest BCUT2D eigenvalue weighted by Gasteiger charge is -2.14. The Morgan fingerprint density at radius 3 is 1.27 bits per heavy atom. The van der Waals surface area contributed by atoms with Gasteiger partial charge in [-0.3, -0.25) is 0 Å². The molecule has 0 heterocycles. The monoisotopic (exact) mass is 314 g/mol. The molecule has 0 nitrogen and oxygen atoms in total. The Labute approximate surface area is 144 Å². The van der Waals surface area contributed by atoms with Gasteiger partial charge in [0, 0.05) is 0 Å². The molecule has 0 heteroatoms.